The van der Waals surface area contributed by atoms with Gasteiger partial charge in [-0.2, -0.15) is 0 Å². The van der Waals surface area contributed by atoms with E-state index in [1.807, 2.05) is 0 Å². The van der Waals surface area contributed by atoms with E-state index in [1.165, 1.54) is 0 Å². The second-order valence-electron chi connectivity index (χ2n) is 2.37. The first-order valence-corrected chi connectivity index (χ1v) is 3.22. The molecule has 0 aromatic rings. The number of aliphatic carboxylic acids is 2. The van der Waals surface area contributed by atoms with Crippen molar-refractivity contribution in [1.82, 2.24) is 0 Å². The van der Waals surface area contributed by atoms with E-state index >= 15 is 0 Å². The Morgan fingerprint density at radius 3 is 1.64 bits per heavy atom. The van der Waals surface area contributed by atoms with Crippen LogP contribution in [-0.4, -0.2) is 34.4 Å². The van der Waals surface area contributed by atoms with Gasteiger partial charge in [-0.3, -0.25) is 0 Å². The van der Waals surface area contributed by atoms with E-state index < -0.39 is 24.1 Å². The number of carbonyl (C=O) groups is 2. The summed E-state index contributed by atoms with van der Waals surface area (Å²) < 4.78 is 4.69. The first-order chi connectivity index (χ1) is 5.11. The van der Waals surface area contributed by atoms with Crippen molar-refractivity contribution in [2.45, 2.75) is 25.0 Å². The molecule has 0 spiro atoms. The summed E-state index contributed by atoms with van der Waals surface area (Å²) >= 11 is 0. The highest BCUT2D eigenvalue weighted by molar-refractivity contribution is 5.76. The quantitative estimate of drug-likeness (QED) is 0.579. The molecular formula is C6H8O5. The Balaban J connectivity index is 2.47. The molecule has 0 aromatic heterocycles. The van der Waals surface area contributed by atoms with Gasteiger partial charge in [0.1, 0.15) is 0 Å². The lowest BCUT2D eigenvalue weighted by Gasteiger charge is -2.04. The molecule has 11 heavy (non-hydrogen) atoms. The van der Waals surface area contributed by atoms with E-state index in [2.05, 4.69) is 4.74 Å². The van der Waals surface area contributed by atoms with E-state index in [9.17, 15) is 9.59 Å². The van der Waals surface area contributed by atoms with Crippen LogP contribution in [0.5, 0.6) is 0 Å². The van der Waals surface area contributed by atoms with Crippen molar-refractivity contribution >= 4 is 11.9 Å². The zero-order chi connectivity index (χ0) is 8.43. The van der Waals surface area contributed by atoms with Crippen molar-refractivity contribution in [3.8, 4) is 0 Å². The normalized spacial score (nSPS) is 30.2. The molecule has 1 aliphatic rings. The second-order valence-corrected chi connectivity index (χ2v) is 2.37. The molecule has 0 aromatic carbocycles. The second kappa shape index (κ2) is 2.87. The fourth-order valence-corrected chi connectivity index (χ4v) is 1.00. The lowest BCUT2D eigenvalue weighted by molar-refractivity contribution is -0.157. The summed E-state index contributed by atoms with van der Waals surface area (Å²) in [6, 6.07) is 0. The molecule has 1 fully saturated rings. The molecule has 1 heterocycles. The van der Waals surface area contributed by atoms with Crippen LogP contribution in [0.1, 0.15) is 12.8 Å². The predicted octanol–water partition coefficient (Wildman–Crippen LogP) is -0.297. The van der Waals surface area contributed by atoms with Crippen LogP contribution >= 0.6 is 0 Å². The van der Waals surface area contributed by atoms with Crippen LogP contribution < -0.4 is 0 Å². The SMILES string of the molecule is O=C(O)[C@@H]1CC[C@@H](C(=O)O)O1. The number of carboxylic acid groups (broad SMARTS) is 2. The first-order valence-electron chi connectivity index (χ1n) is 3.22. The van der Waals surface area contributed by atoms with E-state index in [-0.39, 0.29) is 12.8 Å². The Morgan fingerprint density at radius 2 is 1.45 bits per heavy atom. The van der Waals surface area contributed by atoms with Crippen molar-refractivity contribution in [2.75, 3.05) is 0 Å². The standard InChI is InChI=1S/C6H8O5/c7-5(8)3-1-2-4(11-3)6(9)10/h3-4H,1-2H2,(H,7,8)(H,9,10)/t3-,4-/m0/s1. The molecule has 0 amide bonds. The molecule has 5 nitrogen and oxygen atoms in total. The predicted molar refractivity (Wildman–Crippen MR) is 33.2 cm³/mol. The van der Waals surface area contributed by atoms with Crippen LogP contribution in [0.2, 0.25) is 0 Å². The monoisotopic (exact) mass is 160 g/mol. The zero-order valence-electron chi connectivity index (χ0n) is 5.69. The maximum absolute atomic E-state index is 10.3. The average molecular weight is 160 g/mol. The van der Waals surface area contributed by atoms with Crippen LogP contribution in [-0.2, 0) is 14.3 Å². The van der Waals surface area contributed by atoms with Gasteiger partial charge in [-0.15, -0.1) is 0 Å². The molecule has 2 N–H and O–H groups in total. The summed E-state index contributed by atoms with van der Waals surface area (Å²) in [6.07, 6.45) is -1.30. The molecule has 1 saturated heterocycles. The summed E-state index contributed by atoms with van der Waals surface area (Å²) in [5.74, 6) is -2.18. The highest BCUT2D eigenvalue weighted by Gasteiger charge is 2.34. The van der Waals surface area contributed by atoms with Gasteiger partial charge in [-0.05, 0) is 12.8 Å². The van der Waals surface area contributed by atoms with Crippen LogP contribution in [0.4, 0.5) is 0 Å². The van der Waals surface area contributed by atoms with Crippen LogP contribution in [0.25, 0.3) is 0 Å². The maximum Gasteiger partial charge on any atom is 0.332 e. The van der Waals surface area contributed by atoms with Crippen molar-refractivity contribution in [1.29, 1.82) is 0 Å². The minimum atomic E-state index is -1.09. The minimum absolute atomic E-state index is 0.284. The van der Waals surface area contributed by atoms with Gasteiger partial charge in [0.15, 0.2) is 12.2 Å². The molecule has 0 saturated carbocycles. The van der Waals surface area contributed by atoms with Gasteiger partial charge in [-0.1, -0.05) is 0 Å². The molecule has 2 atom stereocenters. The van der Waals surface area contributed by atoms with Gasteiger partial charge in [0, 0.05) is 0 Å². The topological polar surface area (TPSA) is 83.8 Å². The van der Waals surface area contributed by atoms with Crippen LogP contribution in [0.3, 0.4) is 0 Å². The molecule has 0 unspecified atom stereocenters. The van der Waals surface area contributed by atoms with E-state index in [4.69, 9.17) is 10.2 Å². The van der Waals surface area contributed by atoms with E-state index in [1.54, 1.807) is 0 Å². The largest absolute Gasteiger partial charge is 0.479 e. The fourth-order valence-electron chi connectivity index (χ4n) is 1.00. The Hall–Kier alpha value is -1.10. The van der Waals surface area contributed by atoms with Crippen LogP contribution in [0.15, 0.2) is 0 Å². The minimum Gasteiger partial charge on any atom is -0.479 e. The Kier molecular flexibility index (Phi) is 2.09. The summed E-state index contributed by atoms with van der Waals surface area (Å²) in [5.41, 5.74) is 0. The summed E-state index contributed by atoms with van der Waals surface area (Å²) in [5, 5.41) is 16.8. The number of ether oxygens (including phenoxy) is 1. The van der Waals surface area contributed by atoms with Crippen LogP contribution in [0, 0.1) is 0 Å². The summed E-state index contributed by atoms with van der Waals surface area (Å²) in [4.78, 5) is 20.5. The lowest BCUT2D eigenvalue weighted by Crippen LogP contribution is -2.24. The Bertz CT molecular complexity index is 167. The average Bonchev–Trinajstić information content (AvgIpc) is 2.33. The van der Waals surface area contributed by atoms with Gasteiger partial charge in [0.05, 0.1) is 0 Å². The van der Waals surface area contributed by atoms with Crippen molar-refractivity contribution in [2.24, 2.45) is 0 Å². The lowest BCUT2D eigenvalue weighted by atomic mass is 10.2. The van der Waals surface area contributed by atoms with Crippen molar-refractivity contribution in [3.05, 3.63) is 0 Å². The zero-order valence-corrected chi connectivity index (χ0v) is 5.69. The molecule has 5 heteroatoms. The molecule has 1 rings (SSSR count). The van der Waals surface area contributed by atoms with Gasteiger partial charge >= 0.3 is 11.9 Å². The number of carboxylic acids is 2. The first kappa shape index (κ1) is 8.00. The van der Waals surface area contributed by atoms with E-state index in [0.29, 0.717) is 0 Å². The number of hydrogen-bond donors (Lipinski definition) is 2. The maximum atomic E-state index is 10.3. The highest BCUT2D eigenvalue weighted by atomic mass is 16.5. The third-order valence-electron chi connectivity index (χ3n) is 1.57. The van der Waals surface area contributed by atoms with Gasteiger partial charge in [0.25, 0.3) is 0 Å². The Morgan fingerprint density at radius 1 is 1.09 bits per heavy atom. The highest BCUT2D eigenvalue weighted by Crippen LogP contribution is 2.19. The van der Waals surface area contributed by atoms with Gasteiger partial charge in [0.2, 0.25) is 0 Å². The van der Waals surface area contributed by atoms with Crippen molar-refractivity contribution in [3.63, 3.8) is 0 Å². The Labute approximate surface area is 62.6 Å². The fraction of sp³-hybridized carbons (Fsp3) is 0.667. The molecule has 0 radical (unpaired) electrons. The summed E-state index contributed by atoms with van der Waals surface area (Å²) in [7, 11) is 0. The van der Waals surface area contributed by atoms with Gasteiger partial charge in [-0.25, -0.2) is 9.59 Å². The third kappa shape index (κ3) is 1.68. The molecule has 0 aliphatic carbocycles. The smallest absolute Gasteiger partial charge is 0.332 e. The molecule has 0 bridgehead atoms. The van der Waals surface area contributed by atoms with Crippen molar-refractivity contribution < 1.29 is 24.5 Å². The molecular weight excluding hydrogens is 152 g/mol. The summed E-state index contributed by atoms with van der Waals surface area (Å²) in [6.45, 7) is 0. The van der Waals surface area contributed by atoms with E-state index in [0.717, 1.165) is 0 Å². The van der Waals surface area contributed by atoms with Gasteiger partial charge < -0.3 is 14.9 Å². The molecule has 62 valence electrons. The third-order valence-corrected chi connectivity index (χ3v) is 1.57. The molecule has 1 aliphatic heterocycles. The number of hydrogen-bond acceptors (Lipinski definition) is 3. The number of rotatable bonds is 2.